The second kappa shape index (κ2) is 34.6. The lowest BCUT2D eigenvalue weighted by Crippen LogP contribution is -2.33. The van der Waals surface area contributed by atoms with E-state index in [2.05, 4.69) is 298 Å². The number of rotatable bonds is 29. The maximum Gasteiger partial charge on any atom is 0.244 e. The van der Waals surface area contributed by atoms with Crippen molar-refractivity contribution in [1.29, 1.82) is 0 Å². The molecule has 0 radical (unpaired) electrons. The number of imidazole rings is 2. The van der Waals surface area contributed by atoms with E-state index in [9.17, 15) is 0 Å². The third-order valence-corrected chi connectivity index (χ3v) is 21.7. The van der Waals surface area contributed by atoms with Crippen molar-refractivity contribution in [2.75, 3.05) is 69.4 Å². The van der Waals surface area contributed by atoms with Crippen LogP contribution in [0.25, 0.3) is 43.6 Å². The minimum atomic E-state index is 0. The summed E-state index contributed by atoms with van der Waals surface area (Å²) in [6.07, 6.45) is 13.2. The van der Waals surface area contributed by atoms with Crippen molar-refractivity contribution in [3.63, 3.8) is 0 Å². The van der Waals surface area contributed by atoms with Gasteiger partial charge < -0.3 is 61.9 Å². The van der Waals surface area contributed by atoms with Gasteiger partial charge in [0.05, 0.1) is 62.9 Å². The standard InChI is InChI=1S/C98H90N10O7.2CH4/c1-69-9-15-72(16-10-69)105(73-17-35-84(109-2)36-18-73)80-31-49-95-91(61-80)92-62-81(106(74-19-37-85(110-3)38-20-74)75-21-39-86(111-4)40-22-75)32-50-96(92)103(95)59-57-99-53-55-101(67-99)65-70-11-13-71(14-12-70)66-102-56-54-100(68-102)58-60-104-97-51-33-82(107(76-23-41-87(112-5)42-24-76)77-25-43-88(113-6)44-26-77)63-93(97)94-64-83(34-52-98(94)104)108(78-27-45-89(114-7)46-28-78)79-29-47-90(115-8)48-30-79;;/h9-56,61-64,67-68H,57-60,65-66H2,1-8H3;2*1H4/q+2;;. The lowest BCUT2D eigenvalue weighted by molar-refractivity contribution is -0.697. The molecular weight excluding hydrogens is 1450 g/mol. The van der Waals surface area contributed by atoms with Crippen LogP contribution in [-0.4, -0.2) is 68.0 Å². The minimum absolute atomic E-state index is 0. The van der Waals surface area contributed by atoms with Crippen molar-refractivity contribution >= 4 is 112 Å². The maximum absolute atomic E-state index is 5.63. The minimum Gasteiger partial charge on any atom is -0.497 e. The Morgan fingerprint density at radius 2 is 0.462 bits per heavy atom. The first-order valence-electron chi connectivity index (χ1n) is 38.5. The summed E-state index contributed by atoms with van der Waals surface area (Å²) in [5.41, 5.74) is 20.4. The number of aromatic nitrogens is 6. The van der Waals surface area contributed by atoms with E-state index in [0.29, 0.717) is 0 Å². The van der Waals surface area contributed by atoms with E-state index in [4.69, 9.17) is 33.2 Å². The molecule has 0 atom stereocenters. The molecule has 0 aliphatic rings. The number of fused-ring (bicyclic) bond motifs is 6. The molecule has 17 aromatic rings. The van der Waals surface area contributed by atoms with Crippen LogP contribution in [0, 0.1) is 6.92 Å². The topological polar surface area (TPSA) is 105 Å². The van der Waals surface area contributed by atoms with Crippen LogP contribution >= 0.6 is 0 Å². The van der Waals surface area contributed by atoms with E-state index < -0.39 is 0 Å². The smallest absolute Gasteiger partial charge is 0.244 e. The lowest BCUT2D eigenvalue weighted by atomic mass is 10.1. The molecule has 17 nitrogen and oxygen atoms in total. The van der Waals surface area contributed by atoms with E-state index in [1.807, 2.05) is 84.9 Å². The molecular formula is C100H98N10O7+2. The number of ether oxygens (including phenoxy) is 7. The molecule has 0 aliphatic heterocycles. The van der Waals surface area contributed by atoms with Gasteiger partial charge in [0.25, 0.3) is 0 Å². The quantitative estimate of drug-likeness (QED) is 0.0419. The number of nitrogens with zero attached hydrogens (tertiary/aromatic N) is 10. The predicted octanol–water partition coefficient (Wildman–Crippen LogP) is 23.1. The Labute approximate surface area is 684 Å². The van der Waals surface area contributed by atoms with Gasteiger partial charge in [-0.1, -0.05) is 56.8 Å². The van der Waals surface area contributed by atoms with Crippen LogP contribution in [0.5, 0.6) is 40.2 Å². The van der Waals surface area contributed by atoms with Gasteiger partial charge in [-0.05, 0) is 273 Å². The van der Waals surface area contributed by atoms with Crippen molar-refractivity contribution in [3.05, 3.63) is 345 Å². The number of anilines is 12. The predicted molar refractivity (Wildman–Crippen MR) is 476 cm³/mol. The Kier molecular flexibility index (Phi) is 23.0. The Balaban J connectivity index is 0.00000536. The van der Waals surface area contributed by atoms with Crippen LogP contribution in [0.15, 0.2) is 329 Å². The second-order valence-electron chi connectivity index (χ2n) is 28.6. The number of aryl methyl sites for hydroxylation is 5. The van der Waals surface area contributed by atoms with Gasteiger partial charge in [0.2, 0.25) is 12.7 Å². The van der Waals surface area contributed by atoms with E-state index in [-0.39, 0.29) is 14.9 Å². The monoisotopic (exact) mass is 1550 g/mol. The molecule has 0 fully saturated rings. The van der Waals surface area contributed by atoms with Gasteiger partial charge in [0, 0.05) is 112 Å². The molecule has 0 saturated heterocycles. The van der Waals surface area contributed by atoms with Gasteiger partial charge >= 0.3 is 0 Å². The molecule has 17 heteroatoms. The number of hydrogen-bond acceptors (Lipinski definition) is 11. The highest BCUT2D eigenvalue weighted by atomic mass is 16.5. The van der Waals surface area contributed by atoms with Crippen molar-refractivity contribution in [3.8, 4) is 40.2 Å². The zero-order valence-electron chi connectivity index (χ0n) is 65.7. The van der Waals surface area contributed by atoms with Gasteiger partial charge in [-0.3, -0.25) is 0 Å². The van der Waals surface area contributed by atoms with E-state index >= 15 is 0 Å². The molecule has 0 bridgehead atoms. The summed E-state index contributed by atoms with van der Waals surface area (Å²) in [7, 11) is 11.9. The summed E-state index contributed by atoms with van der Waals surface area (Å²) in [5, 5.41) is 4.55. The largest absolute Gasteiger partial charge is 0.497 e. The van der Waals surface area contributed by atoms with Crippen molar-refractivity contribution in [1.82, 2.24) is 18.3 Å². The Morgan fingerprint density at radius 1 is 0.256 bits per heavy atom. The van der Waals surface area contributed by atoms with Gasteiger partial charge in [-0.15, -0.1) is 0 Å². The van der Waals surface area contributed by atoms with Crippen LogP contribution < -0.4 is 61.9 Å². The van der Waals surface area contributed by atoms with Crippen molar-refractivity contribution < 1.29 is 42.3 Å². The lowest BCUT2D eigenvalue weighted by Gasteiger charge is -2.26. The average molecular weight is 1550 g/mol. The summed E-state index contributed by atoms with van der Waals surface area (Å²) in [6, 6.07) is 103. The molecule has 0 saturated carbocycles. The van der Waals surface area contributed by atoms with Gasteiger partial charge in [0.1, 0.15) is 91.2 Å². The fourth-order valence-corrected chi connectivity index (χ4v) is 15.7. The molecule has 0 spiro atoms. The van der Waals surface area contributed by atoms with Gasteiger partial charge in [0.15, 0.2) is 0 Å². The van der Waals surface area contributed by atoms with E-state index in [0.717, 1.165) is 191 Å². The first-order chi connectivity index (χ1) is 56.5. The molecule has 0 N–H and O–H groups in total. The third-order valence-electron chi connectivity index (χ3n) is 21.7. The SMILES string of the molecule is C.C.COc1ccc(N(c2ccc(C)cc2)c2ccc3c(c2)c2cc(N(c4ccc(OC)cc4)c4ccc(OC)cc4)ccc2n3CC[n+]2ccn(Cc3ccc(Cn4cc[n+](CCn5c6ccc(N(c7ccc(OC)cc7)c7ccc(OC)cc7)cc6c6cc(N(c7ccc(OC)cc7)c7ccc(OC)cc7)ccc65)c4)cc3)c2)cc1. The van der Waals surface area contributed by atoms with Crippen LogP contribution in [0.1, 0.15) is 31.5 Å². The maximum atomic E-state index is 5.63. The highest BCUT2D eigenvalue weighted by Gasteiger charge is 2.25. The van der Waals surface area contributed by atoms with Gasteiger partial charge in [-0.2, -0.15) is 0 Å². The van der Waals surface area contributed by atoms with Crippen molar-refractivity contribution in [2.45, 2.75) is 61.0 Å². The molecule has 0 amide bonds. The highest BCUT2D eigenvalue weighted by Crippen LogP contribution is 2.46. The summed E-state index contributed by atoms with van der Waals surface area (Å²) >= 11 is 0. The van der Waals surface area contributed by atoms with Crippen LogP contribution in [0.4, 0.5) is 68.2 Å². The zero-order chi connectivity index (χ0) is 78.5. The molecule has 0 unspecified atom stereocenters. The normalized spacial score (nSPS) is 11.1. The van der Waals surface area contributed by atoms with E-state index in [1.54, 1.807) is 49.8 Å². The highest BCUT2D eigenvalue weighted by molar-refractivity contribution is 6.12. The van der Waals surface area contributed by atoms with Crippen LogP contribution in [-0.2, 0) is 39.3 Å². The molecule has 17 rings (SSSR count). The fourth-order valence-electron chi connectivity index (χ4n) is 15.7. The number of methoxy groups -OCH3 is 7. The summed E-state index contributed by atoms with van der Waals surface area (Å²) in [5.74, 6) is 5.54. The summed E-state index contributed by atoms with van der Waals surface area (Å²) < 4.78 is 53.5. The molecule has 4 heterocycles. The molecule has 13 aromatic carbocycles. The van der Waals surface area contributed by atoms with Gasteiger partial charge in [-0.25, -0.2) is 18.3 Å². The first kappa shape index (κ1) is 78.0. The average Bonchev–Trinajstić information content (AvgIpc) is 1.60. The third kappa shape index (κ3) is 16.2. The van der Waals surface area contributed by atoms with Crippen LogP contribution in [0.2, 0.25) is 0 Å². The Morgan fingerprint density at radius 3 is 0.675 bits per heavy atom. The molecule has 588 valence electrons. The number of hydrogen-bond donors (Lipinski definition) is 0. The van der Waals surface area contributed by atoms with Crippen LogP contribution in [0.3, 0.4) is 0 Å². The Hall–Kier alpha value is -14.3. The Bertz CT molecular complexity index is 5910. The molecule has 117 heavy (non-hydrogen) atoms. The summed E-state index contributed by atoms with van der Waals surface area (Å²) in [4.78, 5) is 9.18. The number of benzene rings is 13. The van der Waals surface area contributed by atoms with E-state index in [1.165, 1.54) is 16.7 Å². The summed E-state index contributed by atoms with van der Waals surface area (Å²) in [6.45, 7) is 6.56. The molecule has 0 aliphatic carbocycles. The second-order valence-corrected chi connectivity index (χ2v) is 28.6. The van der Waals surface area contributed by atoms with Crippen molar-refractivity contribution in [2.24, 2.45) is 0 Å². The molecule has 4 aromatic heterocycles. The fraction of sp³-hybridized carbons (Fsp3) is 0.160. The first-order valence-corrected chi connectivity index (χ1v) is 38.5. The zero-order valence-corrected chi connectivity index (χ0v) is 65.7.